The normalized spacial score (nSPS) is 11.5. The summed E-state index contributed by atoms with van der Waals surface area (Å²) in [6, 6.07) is 6.53. The van der Waals surface area contributed by atoms with Gasteiger partial charge in [-0.15, -0.1) is 0 Å². The largest absolute Gasteiger partial charge is 0.416 e. The number of nitrogens with zero attached hydrogens (tertiary/aromatic N) is 3. The number of halogens is 3. The second-order valence-electron chi connectivity index (χ2n) is 5.63. The van der Waals surface area contributed by atoms with Crippen LogP contribution in [-0.4, -0.2) is 14.8 Å². The second-order valence-corrected chi connectivity index (χ2v) is 5.63. The number of hydrogen-bond acceptors (Lipinski definition) is 6. The highest BCUT2D eigenvalue weighted by atomic mass is 19.4. The maximum atomic E-state index is 12.9. The van der Waals surface area contributed by atoms with Crippen LogP contribution in [0.25, 0.3) is 5.69 Å². The minimum absolute atomic E-state index is 0.243. The summed E-state index contributed by atoms with van der Waals surface area (Å²) in [5, 5.41) is 4.12. The Balaban J connectivity index is 1.89. The molecule has 0 unspecified atom stereocenters. The standard InChI is InChI=1S/C16H16F3N7/c17-16(18,19)11-2-1-3-12(6-11)26-8-9(7-23-26)4-10-5-13(20)24-15(25-22)14(10)21/h1-3,5-8H,4,21-22H2,(H3,20,24,25). The van der Waals surface area contributed by atoms with Gasteiger partial charge in [-0.05, 0) is 35.4 Å². The van der Waals surface area contributed by atoms with E-state index in [4.69, 9.17) is 17.3 Å². The highest BCUT2D eigenvalue weighted by Crippen LogP contribution is 2.30. The van der Waals surface area contributed by atoms with Crippen LogP contribution in [0.3, 0.4) is 0 Å². The molecule has 0 bridgehead atoms. The molecule has 0 aliphatic carbocycles. The molecule has 0 amide bonds. The summed E-state index contributed by atoms with van der Waals surface area (Å²) in [6.45, 7) is 0. The third-order valence-electron chi connectivity index (χ3n) is 3.77. The molecule has 7 N–H and O–H groups in total. The van der Waals surface area contributed by atoms with E-state index in [9.17, 15) is 13.2 Å². The fourth-order valence-electron chi connectivity index (χ4n) is 2.52. The van der Waals surface area contributed by atoms with Crippen LogP contribution >= 0.6 is 0 Å². The molecule has 0 radical (unpaired) electrons. The number of rotatable bonds is 4. The number of aromatic nitrogens is 3. The van der Waals surface area contributed by atoms with E-state index in [0.29, 0.717) is 23.4 Å². The first-order valence-electron chi connectivity index (χ1n) is 7.50. The van der Waals surface area contributed by atoms with Crippen molar-refractivity contribution in [2.45, 2.75) is 12.6 Å². The Hall–Kier alpha value is -3.27. The predicted octanol–water partition coefficient (Wildman–Crippen LogP) is 2.33. The first-order valence-corrected chi connectivity index (χ1v) is 7.50. The number of hydrogen-bond donors (Lipinski definition) is 4. The Bertz CT molecular complexity index is 934. The van der Waals surface area contributed by atoms with Crippen molar-refractivity contribution in [1.82, 2.24) is 14.8 Å². The summed E-state index contributed by atoms with van der Waals surface area (Å²) in [5.41, 5.74) is 15.4. The van der Waals surface area contributed by atoms with Crippen LogP contribution in [0.4, 0.5) is 30.5 Å². The van der Waals surface area contributed by atoms with Gasteiger partial charge in [0.25, 0.3) is 0 Å². The molecule has 10 heteroatoms. The van der Waals surface area contributed by atoms with E-state index in [-0.39, 0.29) is 11.6 Å². The SMILES string of the molecule is NNc1nc(N)cc(Cc2cnn(-c3cccc(C(F)(F)F)c3)c2)c1N. The summed E-state index contributed by atoms with van der Waals surface area (Å²) >= 11 is 0. The van der Waals surface area contributed by atoms with Gasteiger partial charge in [0.2, 0.25) is 0 Å². The van der Waals surface area contributed by atoms with Gasteiger partial charge in [0, 0.05) is 12.6 Å². The van der Waals surface area contributed by atoms with Gasteiger partial charge >= 0.3 is 6.18 Å². The van der Waals surface area contributed by atoms with Crippen molar-refractivity contribution < 1.29 is 13.2 Å². The minimum Gasteiger partial charge on any atom is -0.395 e. The first-order chi connectivity index (χ1) is 12.3. The number of benzene rings is 1. The van der Waals surface area contributed by atoms with Crippen LogP contribution in [0.15, 0.2) is 42.7 Å². The Labute approximate surface area is 146 Å². The maximum Gasteiger partial charge on any atom is 0.416 e. The molecule has 3 rings (SSSR count). The van der Waals surface area contributed by atoms with Gasteiger partial charge in [-0.2, -0.15) is 18.3 Å². The molecule has 0 spiro atoms. The zero-order valence-corrected chi connectivity index (χ0v) is 13.5. The highest BCUT2D eigenvalue weighted by molar-refractivity contribution is 5.68. The van der Waals surface area contributed by atoms with Gasteiger partial charge in [-0.25, -0.2) is 15.5 Å². The van der Waals surface area contributed by atoms with E-state index in [1.807, 2.05) is 0 Å². The Kier molecular flexibility index (Phi) is 4.43. The molecule has 2 aromatic heterocycles. The average molecular weight is 363 g/mol. The molecule has 0 aliphatic rings. The molecule has 0 aliphatic heterocycles. The Morgan fingerprint density at radius 1 is 1.15 bits per heavy atom. The molecule has 7 nitrogen and oxygen atoms in total. The highest BCUT2D eigenvalue weighted by Gasteiger charge is 2.30. The van der Waals surface area contributed by atoms with E-state index in [1.165, 1.54) is 10.7 Å². The van der Waals surface area contributed by atoms with Crippen LogP contribution in [-0.2, 0) is 12.6 Å². The second kappa shape index (κ2) is 6.56. The van der Waals surface area contributed by atoms with Gasteiger partial charge in [-0.1, -0.05) is 6.07 Å². The molecule has 136 valence electrons. The summed E-state index contributed by atoms with van der Waals surface area (Å²) in [6.07, 6.45) is -0.875. The van der Waals surface area contributed by atoms with Crippen LogP contribution < -0.4 is 22.7 Å². The van der Waals surface area contributed by atoms with E-state index in [1.54, 1.807) is 24.5 Å². The van der Waals surface area contributed by atoms with Crippen molar-refractivity contribution in [2.75, 3.05) is 16.9 Å². The van der Waals surface area contributed by atoms with Crippen molar-refractivity contribution in [3.05, 3.63) is 59.4 Å². The summed E-state index contributed by atoms with van der Waals surface area (Å²) in [5.74, 6) is 5.85. The van der Waals surface area contributed by atoms with Gasteiger partial charge in [0.1, 0.15) is 5.82 Å². The van der Waals surface area contributed by atoms with Crippen LogP contribution in [0.2, 0.25) is 0 Å². The number of alkyl halides is 3. The molecule has 0 fully saturated rings. The third kappa shape index (κ3) is 3.54. The lowest BCUT2D eigenvalue weighted by Crippen LogP contribution is -2.13. The number of pyridine rings is 1. The van der Waals surface area contributed by atoms with Crippen molar-refractivity contribution in [3.8, 4) is 5.69 Å². The molecule has 0 atom stereocenters. The average Bonchev–Trinajstić information content (AvgIpc) is 3.06. The number of nitrogens with two attached hydrogens (primary N) is 3. The number of nitrogens with one attached hydrogen (secondary N) is 1. The summed E-state index contributed by atoms with van der Waals surface area (Å²) in [4.78, 5) is 3.97. The van der Waals surface area contributed by atoms with E-state index >= 15 is 0 Å². The maximum absolute atomic E-state index is 12.9. The fourth-order valence-corrected chi connectivity index (χ4v) is 2.52. The van der Waals surface area contributed by atoms with Gasteiger partial charge in [-0.3, -0.25) is 0 Å². The molecule has 1 aromatic carbocycles. The monoisotopic (exact) mass is 363 g/mol. The fraction of sp³-hybridized carbons (Fsp3) is 0.125. The molecular weight excluding hydrogens is 347 g/mol. The van der Waals surface area contributed by atoms with E-state index in [2.05, 4.69) is 15.5 Å². The van der Waals surface area contributed by atoms with E-state index < -0.39 is 11.7 Å². The van der Waals surface area contributed by atoms with Crippen molar-refractivity contribution >= 4 is 17.3 Å². The van der Waals surface area contributed by atoms with Crippen molar-refractivity contribution in [1.29, 1.82) is 0 Å². The Morgan fingerprint density at radius 2 is 1.92 bits per heavy atom. The van der Waals surface area contributed by atoms with Crippen molar-refractivity contribution in [2.24, 2.45) is 5.84 Å². The van der Waals surface area contributed by atoms with Crippen LogP contribution in [0.5, 0.6) is 0 Å². The summed E-state index contributed by atoms with van der Waals surface area (Å²) in [7, 11) is 0. The van der Waals surface area contributed by atoms with Gasteiger partial charge in [0.15, 0.2) is 5.82 Å². The molecule has 26 heavy (non-hydrogen) atoms. The minimum atomic E-state index is -4.42. The predicted molar refractivity (Wildman–Crippen MR) is 92.2 cm³/mol. The molecule has 2 heterocycles. The zero-order valence-electron chi connectivity index (χ0n) is 13.5. The molecular formula is C16H16F3N7. The molecule has 3 aromatic rings. The summed E-state index contributed by atoms with van der Waals surface area (Å²) < 4.78 is 39.9. The molecule has 0 saturated heterocycles. The smallest absolute Gasteiger partial charge is 0.395 e. The van der Waals surface area contributed by atoms with Gasteiger partial charge in [0.05, 0.1) is 23.1 Å². The topological polar surface area (TPSA) is 121 Å². The number of anilines is 3. The Morgan fingerprint density at radius 3 is 2.62 bits per heavy atom. The number of hydrazine groups is 1. The van der Waals surface area contributed by atoms with Crippen molar-refractivity contribution in [3.63, 3.8) is 0 Å². The van der Waals surface area contributed by atoms with E-state index in [0.717, 1.165) is 17.7 Å². The number of nitrogen functional groups attached to an aromatic ring is 3. The van der Waals surface area contributed by atoms with Gasteiger partial charge < -0.3 is 16.9 Å². The van der Waals surface area contributed by atoms with Crippen LogP contribution in [0.1, 0.15) is 16.7 Å². The quantitative estimate of drug-likeness (QED) is 0.417. The lowest BCUT2D eigenvalue weighted by atomic mass is 10.1. The zero-order chi connectivity index (χ0) is 18.9. The lowest BCUT2D eigenvalue weighted by molar-refractivity contribution is -0.137. The first kappa shape index (κ1) is 17.5. The third-order valence-corrected chi connectivity index (χ3v) is 3.77. The van der Waals surface area contributed by atoms with Crippen LogP contribution in [0, 0.1) is 0 Å². The lowest BCUT2D eigenvalue weighted by Gasteiger charge is -2.10. The molecule has 0 saturated carbocycles.